The number of nitrogens with two attached hydrogens (primary N) is 1. The van der Waals surface area contributed by atoms with Gasteiger partial charge in [-0.2, -0.15) is 0 Å². The van der Waals surface area contributed by atoms with Crippen molar-refractivity contribution in [3.63, 3.8) is 0 Å². The highest BCUT2D eigenvalue weighted by molar-refractivity contribution is 7.98. The van der Waals surface area contributed by atoms with Gasteiger partial charge in [0.05, 0.1) is 17.1 Å². The molecule has 2 N–H and O–H groups in total. The molecule has 5 heteroatoms. The third-order valence-corrected chi connectivity index (χ3v) is 3.05. The fourth-order valence-corrected chi connectivity index (χ4v) is 2.03. The van der Waals surface area contributed by atoms with Gasteiger partial charge in [0, 0.05) is 11.0 Å². The summed E-state index contributed by atoms with van der Waals surface area (Å²) in [5.74, 6) is 1.02. The fraction of sp³-hybridized carbons (Fsp3) is 0.182. The number of rotatable bonds is 3. The molecule has 0 spiro atoms. The van der Waals surface area contributed by atoms with Gasteiger partial charge in [0.15, 0.2) is 0 Å². The summed E-state index contributed by atoms with van der Waals surface area (Å²) in [7, 11) is 0. The van der Waals surface area contributed by atoms with Crippen molar-refractivity contribution < 1.29 is 8.91 Å². The summed E-state index contributed by atoms with van der Waals surface area (Å²) in [6.07, 6.45) is 0. The highest BCUT2D eigenvalue weighted by Gasteiger charge is 2.04. The van der Waals surface area contributed by atoms with Crippen LogP contribution in [0, 0.1) is 12.7 Å². The third kappa shape index (κ3) is 2.55. The van der Waals surface area contributed by atoms with Crippen molar-refractivity contribution >= 4 is 17.4 Å². The summed E-state index contributed by atoms with van der Waals surface area (Å²) in [5.41, 5.74) is 6.40. The van der Waals surface area contributed by atoms with Crippen LogP contribution in [-0.2, 0) is 5.75 Å². The lowest BCUT2D eigenvalue weighted by Gasteiger charge is -2.01. The molecule has 84 valence electrons. The minimum absolute atomic E-state index is 0.167. The Morgan fingerprint density at radius 3 is 2.88 bits per heavy atom. The molecule has 0 aliphatic heterocycles. The van der Waals surface area contributed by atoms with Crippen molar-refractivity contribution in [2.24, 2.45) is 0 Å². The van der Waals surface area contributed by atoms with E-state index in [2.05, 4.69) is 5.16 Å². The first-order chi connectivity index (χ1) is 7.65. The lowest BCUT2D eigenvalue weighted by atomic mass is 10.3. The molecule has 2 rings (SSSR count). The lowest BCUT2D eigenvalue weighted by Crippen LogP contribution is -1.89. The number of benzene rings is 1. The Morgan fingerprint density at radius 1 is 1.44 bits per heavy atom. The van der Waals surface area contributed by atoms with E-state index in [-0.39, 0.29) is 5.69 Å². The number of anilines is 1. The van der Waals surface area contributed by atoms with Gasteiger partial charge in [-0.1, -0.05) is 5.16 Å². The molecule has 0 aliphatic carbocycles. The highest BCUT2D eigenvalue weighted by atomic mass is 32.2. The number of nitrogens with zero attached hydrogens (tertiary/aromatic N) is 1. The molecule has 2 aromatic rings. The summed E-state index contributed by atoms with van der Waals surface area (Å²) in [6.45, 7) is 1.86. The van der Waals surface area contributed by atoms with Crippen LogP contribution < -0.4 is 5.73 Å². The second-order valence-corrected chi connectivity index (χ2v) is 4.46. The maximum Gasteiger partial charge on any atom is 0.147 e. The normalized spacial score (nSPS) is 10.6. The predicted molar refractivity (Wildman–Crippen MR) is 61.6 cm³/mol. The van der Waals surface area contributed by atoms with Gasteiger partial charge in [-0.25, -0.2) is 4.39 Å². The second kappa shape index (κ2) is 4.57. The first-order valence-electron chi connectivity index (χ1n) is 4.75. The number of thioether (sulfide) groups is 1. The molecule has 3 nitrogen and oxygen atoms in total. The molecule has 0 atom stereocenters. The van der Waals surface area contributed by atoms with Gasteiger partial charge in [0.2, 0.25) is 0 Å². The summed E-state index contributed by atoms with van der Waals surface area (Å²) in [6, 6.07) is 6.62. The van der Waals surface area contributed by atoms with Crippen molar-refractivity contribution in [2.45, 2.75) is 17.6 Å². The van der Waals surface area contributed by atoms with Gasteiger partial charge in [0.1, 0.15) is 11.6 Å². The molecule has 0 radical (unpaired) electrons. The van der Waals surface area contributed by atoms with Crippen LogP contribution in [0.5, 0.6) is 0 Å². The van der Waals surface area contributed by atoms with Gasteiger partial charge >= 0.3 is 0 Å². The Balaban J connectivity index is 2.02. The fourth-order valence-electron chi connectivity index (χ4n) is 1.24. The number of aryl methyl sites for hydroxylation is 1. The largest absolute Gasteiger partial charge is 0.396 e. The number of hydrogen-bond acceptors (Lipinski definition) is 4. The topological polar surface area (TPSA) is 52.0 Å². The summed E-state index contributed by atoms with van der Waals surface area (Å²) < 4.78 is 18.2. The van der Waals surface area contributed by atoms with Crippen LogP contribution in [0.4, 0.5) is 10.1 Å². The standard InChI is InChI=1S/C11H11FN2OS/c1-7-4-8(15-14-7)6-16-9-2-3-11(13)10(12)5-9/h2-5H,6,13H2,1H3. The zero-order chi connectivity index (χ0) is 11.5. The van der Waals surface area contributed by atoms with E-state index < -0.39 is 5.82 Å². The minimum atomic E-state index is -0.390. The minimum Gasteiger partial charge on any atom is -0.396 e. The quantitative estimate of drug-likeness (QED) is 0.659. The molecule has 0 fully saturated rings. The number of halogens is 1. The van der Waals surface area contributed by atoms with Crippen LogP contribution in [-0.4, -0.2) is 5.16 Å². The van der Waals surface area contributed by atoms with Crippen molar-refractivity contribution in [3.8, 4) is 0 Å². The smallest absolute Gasteiger partial charge is 0.147 e. The second-order valence-electron chi connectivity index (χ2n) is 3.41. The first kappa shape index (κ1) is 11.0. The van der Waals surface area contributed by atoms with E-state index in [9.17, 15) is 4.39 Å². The van der Waals surface area contributed by atoms with E-state index >= 15 is 0 Å². The van der Waals surface area contributed by atoms with Crippen LogP contribution in [0.2, 0.25) is 0 Å². The molecule has 0 aliphatic rings. The van der Waals surface area contributed by atoms with E-state index in [0.717, 1.165) is 16.3 Å². The molecule has 0 bridgehead atoms. The molecule has 1 heterocycles. The van der Waals surface area contributed by atoms with Crippen LogP contribution >= 0.6 is 11.8 Å². The average Bonchev–Trinajstić information content (AvgIpc) is 2.66. The van der Waals surface area contributed by atoms with Gasteiger partial charge < -0.3 is 10.3 Å². The van der Waals surface area contributed by atoms with E-state index in [1.807, 2.05) is 13.0 Å². The van der Waals surface area contributed by atoms with Crippen molar-refractivity contribution in [2.75, 3.05) is 5.73 Å². The molecule has 1 aromatic carbocycles. The Labute approximate surface area is 96.8 Å². The predicted octanol–water partition coefficient (Wildman–Crippen LogP) is 3.00. The van der Waals surface area contributed by atoms with Crippen molar-refractivity contribution in [1.82, 2.24) is 5.16 Å². The zero-order valence-electron chi connectivity index (χ0n) is 8.74. The van der Waals surface area contributed by atoms with E-state index in [0.29, 0.717) is 5.75 Å². The molecule has 0 saturated carbocycles. The third-order valence-electron chi connectivity index (χ3n) is 2.03. The molecule has 0 amide bonds. The first-order valence-corrected chi connectivity index (χ1v) is 5.74. The van der Waals surface area contributed by atoms with Gasteiger partial charge in [0.25, 0.3) is 0 Å². The summed E-state index contributed by atoms with van der Waals surface area (Å²) >= 11 is 1.48. The van der Waals surface area contributed by atoms with Gasteiger partial charge in [-0.05, 0) is 25.1 Å². The van der Waals surface area contributed by atoms with Crippen LogP contribution in [0.25, 0.3) is 0 Å². The molecular weight excluding hydrogens is 227 g/mol. The van der Waals surface area contributed by atoms with Crippen LogP contribution in [0.3, 0.4) is 0 Å². The maximum absolute atomic E-state index is 13.1. The summed E-state index contributed by atoms with van der Waals surface area (Å²) in [4.78, 5) is 0.820. The van der Waals surface area contributed by atoms with Crippen molar-refractivity contribution in [1.29, 1.82) is 0 Å². The molecule has 1 aromatic heterocycles. The number of hydrogen-bond donors (Lipinski definition) is 1. The Bertz CT molecular complexity index is 498. The SMILES string of the molecule is Cc1cc(CSc2ccc(N)c(F)c2)on1. The van der Waals surface area contributed by atoms with E-state index in [1.54, 1.807) is 12.1 Å². The van der Waals surface area contributed by atoms with Crippen molar-refractivity contribution in [3.05, 3.63) is 41.5 Å². The van der Waals surface area contributed by atoms with Gasteiger partial charge in [-0.3, -0.25) is 0 Å². The molecular formula is C11H11FN2OS. The van der Waals surface area contributed by atoms with E-state index in [1.165, 1.54) is 17.8 Å². The Morgan fingerprint density at radius 2 is 2.25 bits per heavy atom. The summed E-state index contributed by atoms with van der Waals surface area (Å²) in [5, 5.41) is 3.78. The van der Waals surface area contributed by atoms with Gasteiger partial charge in [-0.15, -0.1) is 11.8 Å². The Hall–Kier alpha value is -1.49. The Kier molecular flexibility index (Phi) is 3.14. The maximum atomic E-state index is 13.1. The monoisotopic (exact) mass is 238 g/mol. The van der Waals surface area contributed by atoms with Crippen LogP contribution in [0.15, 0.2) is 33.7 Å². The molecule has 16 heavy (non-hydrogen) atoms. The molecule has 0 unspecified atom stereocenters. The zero-order valence-corrected chi connectivity index (χ0v) is 9.55. The number of aromatic nitrogens is 1. The number of nitrogen functional groups attached to an aromatic ring is 1. The highest BCUT2D eigenvalue weighted by Crippen LogP contribution is 2.25. The lowest BCUT2D eigenvalue weighted by molar-refractivity contribution is 0.391. The average molecular weight is 238 g/mol. The molecule has 0 saturated heterocycles. The van der Waals surface area contributed by atoms with Crippen LogP contribution in [0.1, 0.15) is 11.5 Å². The van der Waals surface area contributed by atoms with E-state index in [4.69, 9.17) is 10.3 Å².